The van der Waals surface area contributed by atoms with Crippen LogP contribution in [0.25, 0.3) is 0 Å². The average Bonchev–Trinajstić information content (AvgIpc) is 3.17. The number of hydrogen-bond acceptors (Lipinski definition) is 3. The van der Waals surface area contributed by atoms with Crippen LogP contribution < -0.4 is 5.73 Å². The summed E-state index contributed by atoms with van der Waals surface area (Å²) in [5.41, 5.74) is 6.10. The third-order valence-corrected chi connectivity index (χ3v) is 8.35. The van der Waals surface area contributed by atoms with E-state index in [1.54, 1.807) is 12.1 Å². The van der Waals surface area contributed by atoms with Gasteiger partial charge < -0.3 is 5.73 Å². The van der Waals surface area contributed by atoms with E-state index in [4.69, 9.17) is 5.73 Å². The monoisotopic (exact) mass is 321 g/mol. The number of carbonyl (C=O) groups excluding carboxylic acids is 1. The molecule has 0 radical (unpaired) electrons. The molecule has 0 unspecified atom stereocenters. The van der Waals surface area contributed by atoms with Crippen LogP contribution in [0.2, 0.25) is 0 Å². The highest BCUT2D eigenvalue weighted by atomic mass is 32.2. The molecule has 1 amide bonds. The van der Waals surface area contributed by atoms with Crippen LogP contribution >= 0.6 is 0 Å². The molecule has 2 fully saturated rings. The summed E-state index contributed by atoms with van der Waals surface area (Å²) < 4.78 is 25.7. The fourth-order valence-corrected chi connectivity index (χ4v) is 6.91. The number of rotatable bonds is 5. The standard InChI is InChI=1S/C17H23NO3S/c1-13-4-6-14(7-5-13)22(20,21)17-10-3-2-9-16(17,12-17)11-8-15(18)19/h4-7H,2-3,8-12H2,1H3,(H2,18,19)/t16-,17+/m0/s1. The van der Waals surface area contributed by atoms with E-state index in [2.05, 4.69) is 0 Å². The van der Waals surface area contributed by atoms with Gasteiger partial charge in [-0.05, 0) is 50.2 Å². The third kappa shape index (κ3) is 2.18. The zero-order valence-electron chi connectivity index (χ0n) is 13.0. The Bertz CT molecular complexity index is 695. The van der Waals surface area contributed by atoms with Crippen LogP contribution in [-0.4, -0.2) is 19.1 Å². The van der Waals surface area contributed by atoms with Crippen molar-refractivity contribution >= 4 is 15.7 Å². The maximum atomic E-state index is 13.2. The largest absolute Gasteiger partial charge is 0.370 e. The van der Waals surface area contributed by atoms with Gasteiger partial charge in [-0.25, -0.2) is 8.42 Å². The van der Waals surface area contributed by atoms with Crippen molar-refractivity contribution in [3.63, 3.8) is 0 Å². The molecule has 4 nitrogen and oxygen atoms in total. The summed E-state index contributed by atoms with van der Waals surface area (Å²) in [6.07, 6.45) is 5.17. The van der Waals surface area contributed by atoms with E-state index in [0.717, 1.165) is 24.8 Å². The van der Waals surface area contributed by atoms with Crippen molar-refractivity contribution in [3.05, 3.63) is 29.8 Å². The van der Waals surface area contributed by atoms with Crippen LogP contribution in [0.4, 0.5) is 0 Å². The minimum atomic E-state index is -3.36. The van der Waals surface area contributed by atoms with Crippen LogP contribution in [-0.2, 0) is 14.6 Å². The molecule has 3 rings (SSSR count). The van der Waals surface area contributed by atoms with Gasteiger partial charge >= 0.3 is 0 Å². The molecule has 2 aliphatic carbocycles. The predicted molar refractivity (Wildman–Crippen MR) is 85.0 cm³/mol. The first kappa shape index (κ1) is 15.5. The fourth-order valence-electron chi connectivity index (χ4n) is 4.31. The van der Waals surface area contributed by atoms with Crippen molar-refractivity contribution in [2.75, 3.05) is 0 Å². The quantitative estimate of drug-likeness (QED) is 0.906. The zero-order valence-corrected chi connectivity index (χ0v) is 13.8. The molecule has 0 bridgehead atoms. The zero-order chi connectivity index (χ0) is 16.0. The lowest BCUT2D eigenvalue weighted by Gasteiger charge is -2.30. The van der Waals surface area contributed by atoms with E-state index in [1.165, 1.54) is 0 Å². The summed E-state index contributed by atoms with van der Waals surface area (Å²) in [5, 5.41) is 0. The number of hydrogen-bond donors (Lipinski definition) is 1. The summed E-state index contributed by atoms with van der Waals surface area (Å²) in [7, 11) is -3.36. The first-order chi connectivity index (χ1) is 10.3. The number of sulfone groups is 1. The Balaban J connectivity index is 1.94. The van der Waals surface area contributed by atoms with Crippen LogP contribution in [0.5, 0.6) is 0 Å². The number of aryl methyl sites for hydroxylation is 1. The Labute approximate surface area is 132 Å². The lowest BCUT2D eigenvalue weighted by Crippen LogP contribution is -2.34. The minimum absolute atomic E-state index is 0.232. The molecule has 2 atom stereocenters. The normalized spacial score (nSPS) is 30.6. The molecular formula is C17H23NO3S. The highest BCUT2D eigenvalue weighted by Crippen LogP contribution is 2.71. The fraction of sp³-hybridized carbons (Fsp3) is 0.588. The number of primary amides is 1. The van der Waals surface area contributed by atoms with Crippen molar-refractivity contribution in [1.82, 2.24) is 0 Å². The van der Waals surface area contributed by atoms with Crippen molar-refractivity contribution < 1.29 is 13.2 Å². The van der Waals surface area contributed by atoms with Gasteiger partial charge in [-0.1, -0.05) is 30.5 Å². The van der Waals surface area contributed by atoms with Crippen LogP contribution in [0.3, 0.4) is 0 Å². The first-order valence-electron chi connectivity index (χ1n) is 7.93. The molecule has 0 saturated heterocycles. The lowest BCUT2D eigenvalue weighted by molar-refractivity contribution is -0.118. The number of carbonyl (C=O) groups is 1. The second kappa shape index (κ2) is 5.08. The molecule has 2 aliphatic rings. The molecule has 22 heavy (non-hydrogen) atoms. The second-order valence-corrected chi connectivity index (χ2v) is 9.20. The Hall–Kier alpha value is -1.36. The highest BCUT2D eigenvalue weighted by Gasteiger charge is 2.73. The van der Waals surface area contributed by atoms with Gasteiger partial charge in [0.05, 0.1) is 9.64 Å². The van der Waals surface area contributed by atoms with E-state index in [9.17, 15) is 13.2 Å². The Morgan fingerprint density at radius 1 is 1.18 bits per heavy atom. The molecule has 0 spiro atoms. The maximum Gasteiger partial charge on any atom is 0.217 e. The van der Waals surface area contributed by atoms with Crippen molar-refractivity contribution in [3.8, 4) is 0 Å². The van der Waals surface area contributed by atoms with Gasteiger partial charge in [-0.3, -0.25) is 4.79 Å². The van der Waals surface area contributed by atoms with Gasteiger partial charge in [-0.2, -0.15) is 0 Å². The number of benzene rings is 1. The molecule has 0 aromatic heterocycles. The average molecular weight is 321 g/mol. The topological polar surface area (TPSA) is 77.2 Å². The van der Waals surface area contributed by atoms with Crippen molar-refractivity contribution in [1.29, 1.82) is 0 Å². The Morgan fingerprint density at radius 3 is 2.45 bits per heavy atom. The Morgan fingerprint density at radius 2 is 1.82 bits per heavy atom. The van der Waals surface area contributed by atoms with Gasteiger partial charge in [-0.15, -0.1) is 0 Å². The molecule has 1 aromatic rings. The van der Waals surface area contributed by atoms with Crippen molar-refractivity contribution in [2.45, 2.75) is 61.5 Å². The van der Waals surface area contributed by atoms with Gasteiger partial charge in [0, 0.05) is 6.42 Å². The van der Waals surface area contributed by atoms with Crippen LogP contribution in [0, 0.1) is 12.3 Å². The van der Waals surface area contributed by atoms with E-state index in [1.807, 2.05) is 19.1 Å². The molecule has 2 N–H and O–H groups in total. The molecule has 120 valence electrons. The highest BCUT2D eigenvalue weighted by molar-refractivity contribution is 7.93. The van der Waals surface area contributed by atoms with Crippen LogP contribution in [0.1, 0.15) is 50.5 Å². The maximum absolute atomic E-state index is 13.2. The predicted octanol–water partition coefficient (Wildman–Crippen LogP) is 2.74. The van der Waals surface area contributed by atoms with Gasteiger partial charge in [0.1, 0.15) is 0 Å². The number of nitrogens with two attached hydrogens (primary N) is 1. The summed E-state index contributed by atoms with van der Waals surface area (Å²) in [5.74, 6) is -0.339. The molecule has 5 heteroatoms. The summed E-state index contributed by atoms with van der Waals surface area (Å²) >= 11 is 0. The summed E-state index contributed by atoms with van der Waals surface area (Å²) in [6, 6.07) is 7.12. The van der Waals surface area contributed by atoms with E-state index in [0.29, 0.717) is 24.2 Å². The second-order valence-electron chi connectivity index (χ2n) is 6.94. The summed E-state index contributed by atoms with van der Waals surface area (Å²) in [4.78, 5) is 11.6. The van der Waals surface area contributed by atoms with E-state index in [-0.39, 0.29) is 17.7 Å². The minimum Gasteiger partial charge on any atom is -0.370 e. The first-order valence-corrected chi connectivity index (χ1v) is 9.41. The van der Waals surface area contributed by atoms with Crippen molar-refractivity contribution in [2.24, 2.45) is 11.1 Å². The molecule has 1 aromatic carbocycles. The van der Waals surface area contributed by atoms with Gasteiger partial charge in [0.2, 0.25) is 5.91 Å². The molecular weight excluding hydrogens is 298 g/mol. The number of fused-ring (bicyclic) bond motifs is 1. The smallest absolute Gasteiger partial charge is 0.217 e. The SMILES string of the molecule is Cc1ccc(S(=O)(=O)[C@@]23CCCC[C@]2(CCC(N)=O)C3)cc1. The molecule has 2 saturated carbocycles. The number of amides is 1. The third-order valence-electron chi connectivity index (χ3n) is 5.65. The van der Waals surface area contributed by atoms with E-state index >= 15 is 0 Å². The Kier molecular flexibility index (Phi) is 3.59. The summed E-state index contributed by atoms with van der Waals surface area (Å²) in [6.45, 7) is 1.95. The van der Waals surface area contributed by atoms with Gasteiger partial charge in [0.15, 0.2) is 9.84 Å². The van der Waals surface area contributed by atoms with Gasteiger partial charge in [0.25, 0.3) is 0 Å². The molecule has 0 heterocycles. The lowest BCUT2D eigenvalue weighted by atomic mass is 9.84. The van der Waals surface area contributed by atoms with E-state index < -0.39 is 14.6 Å². The van der Waals surface area contributed by atoms with Crippen LogP contribution in [0.15, 0.2) is 29.2 Å². The molecule has 0 aliphatic heterocycles.